The molecular formula is C14H19NO3S. The fourth-order valence-electron chi connectivity index (χ4n) is 2.83. The number of rotatable bonds is 3. The number of fused-ring (bicyclic) bond motifs is 1. The zero-order valence-corrected chi connectivity index (χ0v) is 12.0. The SMILES string of the molecule is CCOC(=O)C1CCc2sc(C3CCCOC3)nc21. The Kier molecular flexibility index (Phi) is 3.84. The van der Waals surface area contributed by atoms with Crippen LogP contribution in [0.4, 0.5) is 0 Å². The van der Waals surface area contributed by atoms with Crippen LogP contribution in [-0.2, 0) is 20.7 Å². The van der Waals surface area contributed by atoms with Gasteiger partial charge in [0.15, 0.2) is 0 Å². The molecule has 0 aromatic carbocycles. The van der Waals surface area contributed by atoms with Crippen LogP contribution in [0.2, 0.25) is 0 Å². The van der Waals surface area contributed by atoms with Gasteiger partial charge in [-0.2, -0.15) is 0 Å². The molecule has 4 nitrogen and oxygen atoms in total. The van der Waals surface area contributed by atoms with Gasteiger partial charge in [-0.1, -0.05) is 0 Å². The van der Waals surface area contributed by atoms with Crippen LogP contribution in [-0.4, -0.2) is 30.8 Å². The lowest BCUT2D eigenvalue weighted by Gasteiger charge is -2.20. The number of thiazole rings is 1. The molecule has 0 radical (unpaired) electrons. The number of hydrogen-bond acceptors (Lipinski definition) is 5. The van der Waals surface area contributed by atoms with Crippen molar-refractivity contribution in [2.45, 2.75) is 44.4 Å². The monoisotopic (exact) mass is 281 g/mol. The van der Waals surface area contributed by atoms with E-state index in [2.05, 4.69) is 0 Å². The van der Waals surface area contributed by atoms with Gasteiger partial charge in [0.1, 0.15) is 5.92 Å². The van der Waals surface area contributed by atoms with Gasteiger partial charge in [-0.15, -0.1) is 11.3 Å². The van der Waals surface area contributed by atoms with Crippen molar-refractivity contribution in [2.75, 3.05) is 19.8 Å². The molecule has 1 aliphatic carbocycles. The highest BCUT2D eigenvalue weighted by Crippen LogP contribution is 2.40. The zero-order valence-electron chi connectivity index (χ0n) is 11.2. The molecule has 1 aliphatic heterocycles. The lowest BCUT2D eigenvalue weighted by Crippen LogP contribution is -2.17. The van der Waals surface area contributed by atoms with E-state index in [1.165, 1.54) is 4.88 Å². The Bertz CT molecular complexity index is 465. The number of aromatic nitrogens is 1. The Labute approximate surface area is 117 Å². The number of hydrogen-bond donors (Lipinski definition) is 0. The minimum absolute atomic E-state index is 0.113. The van der Waals surface area contributed by atoms with Crippen LogP contribution in [0, 0.1) is 0 Å². The molecule has 1 aromatic heterocycles. The van der Waals surface area contributed by atoms with Gasteiger partial charge in [0.2, 0.25) is 0 Å². The highest BCUT2D eigenvalue weighted by molar-refractivity contribution is 7.11. The Hall–Kier alpha value is -0.940. The molecular weight excluding hydrogens is 262 g/mol. The predicted molar refractivity (Wildman–Crippen MR) is 72.6 cm³/mol. The summed E-state index contributed by atoms with van der Waals surface area (Å²) in [6.45, 7) is 3.93. The molecule has 0 amide bonds. The first-order valence-corrected chi connectivity index (χ1v) is 7.85. The maximum atomic E-state index is 11.9. The predicted octanol–water partition coefficient (Wildman–Crippen LogP) is 2.63. The van der Waals surface area contributed by atoms with Gasteiger partial charge in [0.25, 0.3) is 0 Å². The standard InChI is InChI=1S/C14H19NO3S/c1-2-18-14(16)10-5-6-11-12(10)15-13(19-11)9-4-3-7-17-8-9/h9-10H,2-8H2,1H3. The molecule has 5 heteroatoms. The third-order valence-corrected chi connectivity index (χ3v) is 5.11. The molecule has 1 fully saturated rings. The topological polar surface area (TPSA) is 48.4 Å². The molecule has 1 aromatic rings. The average molecular weight is 281 g/mol. The van der Waals surface area contributed by atoms with Crippen molar-refractivity contribution < 1.29 is 14.3 Å². The smallest absolute Gasteiger partial charge is 0.315 e. The van der Waals surface area contributed by atoms with Gasteiger partial charge in [0.05, 0.1) is 23.9 Å². The molecule has 0 bridgehead atoms. The molecule has 0 saturated carbocycles. The molecule has 104 valence electrons. The summed E-state index contributed by atoms with van der Waals surface area (Å²) < 4.78 is 10.7. The zero-order chi connectivity index (χ0) is 13.2. The fraction of sp³-hybridized carbons (Fsp3) is 0.714. The van der Waals surface area contributed by atoms with Gasteiger partial charge in [-0.3, -0.25) is 4.79 Å². The number of aryl methyl sites for hydroxylation is 1. The van der Waals surface area contributed by atoms with E-state index in [-0.39, 0.29) is 11.9 Å². The first kappa shape index (κ1) is 13.1. The van der Waals surface area contributed by atoms with E-state index < -0.39 is 0 Å². The van der Waals surface area contributed by atoms with Crippen molar-refractivity contribution in [3.05, 3.63) is 15.6 Å². The summed E-state index contributed by atoms with van der Waals surface area (Å²) in [6.07, 6.45) is 4.07. The first-order valence-electron chi connectivity index (χ1n) is 7.03. The summed E-state index contributed by atoms with van der Waals surface area (Å²) >= 11 is 1.77. The highest BCUT2D eigenvalue weighted by atomic mass is 32.1. The minimum Gasteiger partial charge on any atom is -0.465 e. The molecule has 0 spiro atoms. The molecule has 2 unspecified atom stereocenters. The normalized spacial score (nSPS) is 26.2. The summed E-state index contributed by atoms with van der Waals surface area (Å²) in [7, 11) is 0. The Morgan fingerprint density at radius 2 is 2.42 bits per heavy atom. The Morgan fingerprint density at radius 3 is 3.16 bits per heavy atom. The molecule has 2 heterocycles. The van der Waals surface area contributed by atoms with Crippen LogP contribution in [0.3, 0.4) is 0 Å². The van der Waals surface area contributed by atoms with Gasteiger partial charge in [-0.25, -0.2) is 4.98 Å². The molecule has 0 N–H and O–H groups in total. The van der Waals surface area contributed by atoms with Crippen molar-refractivity contribution in [3.63, 3.8) is 0 Å². The van der Waals surface area contributed by atoms with Gasteiger partial charge in [-0.05, 0) is 32.6 Å². The Morgan fingerprint density at radius 1 is 1.53 bits per heavy atom. The quantitative estimate of drug-likeness (QED) is 0.799. The number of ether oxygens (including phenoxy) is 2. The Balaban J connectivity index is 1.78. The maximum absolute atomic E-state index is 11.9. The lowest BCUT2D eigenvalue weighted by atomic mass is 10.0. The van der Waals surface area contributed by atoms with Crippen molar-refractivity contribution in [2.24, 2.45) is 0 Å². The van der Waals surface area contributed by atoms with Crippen LogP contribution in [0.15, 0.2) is 0 Å². The van der Waals surface area contributed by atoms with Crippen LogP contribution in [0.1, 0.15) is 53.6 Å². The number of nitrogens with zero attached hydrogens (tertiary/aromatic N) is 1. The summed E-state index contributed by atoms with van der Waals surface area (Å²) in [5.74, 6) is 0.176. The summed E-state index contributed by atoms with van der Waals surface area (Å²) in [4.78, 5) is 17.9. The van der Waals surface area contributed by atoms with Crippen molar-refractivity contribution >= 4 is 17.3 Å². The largest absolute Gasteiger partial charge is 0.465 e. The number of carbonyl (C=O) groups is 1. The average Bonchev–Trinajstić information content (AvgIpc) is 2.99. The van der Waals surface area contributed by atoms with E-state index >= 15 is 0 Å². The second kappa shape index (κ2) is 5.59. The summed E-state index contributed by atoms with van der Waals surface area (Å²) in [5, 5.41) is 1.15. The van der Waals surface area contributed by atoms with Crippen molar-refractivity contribution in [3.8, 4) is 0 Å². The van der Waals surface area contributed by atoms with Crippen molar-refractivity contribution in [1.82, 2.24) is 4.98 Å². The lowest BCUT2D eigenvalue weighted by molar-refractivity contribution is -0.145. The second-order valence-corrected chi connectivity index (χ2v) is 6.23. The molecule has 2 aliphatic rings. The second-order valence-electron chi connectivity index (χ2n) is 5.12. The molecule has 1 saturated heterocycles. The van der Waals surface area contributed by atoms with E-state index in [9.17, 15) is 4.79 Å². The minimum atomic E-state index is -0.135. The van der Waals surface area contributed by atoms with E-state index in [0.29, 0.717) is 12.5 Å². The van der Waals surface area contributed by atoms with Gasteiger partial charge in [0, 0.05) is 17.4 Å². The maximum Gasteiger partial charge on any atom is 0.315 e. The summed E-state index contributed by atoms with van der Waals surface area (Å²) in [5.41, 5.74) is 0.976. The molecule has 2 atom stereocenters. The van der Waals surface area contributed by atoms with Crippen LogP contribution >= 0.6 is 11.3 Å². The van der Waals surface area contributed by atoms with Crippen LogP contribution in [0.5, 0.6) is 0 Å². The number of esters is 1. The fourth-order valence-corrected chi connectivity index (χ4v) is 4.09. The first-order chi connectivity index (χ1) is 9.29. The van der Waals surface area contributed by atoms with Gasteiger partial charge >= 0.3 is 5.97 Å². The highest BCUT2D eigenvalue weighted by Gasteiger charge is 2.34. The van der Waals surface area contributed by atoms with E-state index in [1.54, 1.807) is 11.3 Å². The van der Waals surface area contributed by atoms with Crippen molar-refractivity contribution in [1.29, 1.82) is 0 Å². The van der Waals surface area contributed by atoms with E-state index in [4.69, 9.17) is 14.5 Å². The van der Waals surface area contributed by atoms with E-state index in [0.717, 1.165) is 49.6 Å². The molecule has 19 heavy (non-hydrogen) atoms. The number of carbonyl (C=O) groups excluding carboxylic acids is 1. The van der Waals surface area contributed by atoms with Gasteiger partial charge < -0.3 is 9.47 Å². The third kappa shape index (κ3) is 2.54. The van der Waals surface area contributed by atoms with Crippen LogP contribution < -0.4 is 0 Å². The summed E-state index contributed by atoms with van der Waals surface area (Å²) in [6, 6.07) is 0. The van der Waals surface area contributed by atoms with E-state index in [1.807, 2.05) is 6.92 Å². The third-order valence-electron chi connectivity index (χ3n) is 3.81. The molecule has 3 rings (SSSR count). The van der Waals surface area contributed by atoms with Crippen LogP contribution in [0.25, 0.3) is 0 Å².